The molecule has 1 atom stereocenters. The summed E-state index contributed by atoms with van der Waals surface area (Å²) in [6.07, 6.45) is 3.94. The maximum atomic E-state index is 4.66. The molecular formula is C16H23N3. The maximum absolute atomic E-state index is 4.66. The van der Waals surface area contributed by atoms with Crippen LogP contribution in [0, 0.1) is 5.41 Å². The zero-order chi connectivity index (χ0) is 13.5. The molecule has 102 valence electrons. The summed E-state index contributed by atoms with van der Waals surface area (Å²) >= 11 is 0. The lowest BCUT2D eigenvalue weighted by molar-refractivity contribution is 0.216. The minimum atomic E-state index is 0.507. The van der Waals surface area contributed by atoms with Crippen molar-refractivity contribution in [1.29, 1.82) is 0 Å². The Balaban J connectivity index is 1.71. The number of imidazole rings is 1. The predicted octanol–water partition coefficient (Wildman–Crippen LogP) is 3.57. The third kappa shape index (κ3) is 2.66. The van der Waals surface area contributed by atoms with Gasteiger partial charge in [-0.25, -0.2) is 4.98 Å². The number of para-hydroxylation sites is 2. The van der Waals surface area contributed by atoms with Gasteiger partial charge in [-0.15, -0.1) is 0 Å². The molecule has 3 heteroatoms. The van der Waals surface area contributed by atoms with Crippen LogP contribution in [0.1, 0.15) is 38.9 Å². The molecule has 1 aromatic heterocycles. The number of benzene rings is 1. The Morgan fingerprint density at radius 3 is 2.84 bits per heavy atom. The summed E-state index contributed by atoms with van der Waals surface area (Å²) in [5.41, 5.74) is 2.71. The van der Waals surface area contributed by atoms with Crippen LogP contribution in [-0.2, 0) is 6.54 Å². The first-order valence-electron chi connectivity index (χ1n) is 7.17. The van der Waals surface area contributed by atoms with E-state index in [0.717, 1.165) is 23.4 Å². The number of hydrogen-bond acceptors (Lipinski definition) is 2. The van der Waals surface area contributed by atoms with E-state index in [1.165, 1.54) is 19.3 Å². The largest absolute Gasteiger partial charge is 0.341 e. The second-order valence-electron chi connectivity index (χ2n) is 6.68. The topological polar surface area (TPSA) is 31.9 Å². The van der Waals surface area contributed by atoms with Crippen molar-refractivity contribution in [3.8, 4) is 0 Å². The van der Waals surface area contributed by atoms with Gasteiger partial charge >= 0.3 is 0 Å². The van der Waals surface area contributed by atoms with Crippen molar-refractivity contribution in [3.05, 3.63) is 30.1 Å². The highest BCUT2D eigenvalue weighted by Crippen LogP contribution is 2.39. The molecule has 1 N–H and O–H groups in total. The Hall–Kier alpha value is -1.35. The van der Waals surface area contributed by atoms with Crippen LogP contribution in [0.25, 0.3) is 11.0 Å². The lowest BCUT2D eigenvalue weighted by Crippen LogP contribution is -2.30. The molecule has 1 fully saturated rings. The molecule has 0 saturated heterocycles. The molecule has 1 aromatic carbocycles. The summed E-state index contributed by atoms with van der Waals surface area (Å²) in [5, 5.41) is 0. The van der Waals surface area contributed by atoms with Gasteiger partial charge in [-0.2, -0.15) is 0 Å². The predicted molar refractivity (Wildman–Crippen MR) is 79.0 cm³/mol. The average Bonchev–Trinajstić information content (AvgIpc) is 2.91. The molecule has 3 nitrogen and oxygen atoms in total. The number of fused-ring (bicyclic) bond motifs is 1. The number of nitrogens with one attached hydrogen (secondary N) is 1. The summed E-state index contributed by atoms with van der Waals surface area (Å²) in [6, 6.07) is 8.94. The van der Waals surface area contributed by atoms with Crippen molar-refractivity contribution in [2.45, 2.75) is 45.7 Å². The SMILES string of the molecule is CN(Cc1nc2ccccc2[nH]1)C1CCC(C)(C)C1. The summed E-state index contributed by atoms with van der Waals surface area (Å²) in [7, 11) is 2.22. The summed E-state index contributed by atoms with van der Waals surface area (Å²) in [6.45, 7) is 5.67. The molecule has 0 aliphatic heterocycles. The Labute approximate surface area is 115 Å². The van der Waals surface area contributed by atoms with Gasteiger partial charge in [0.15, 0.2) is 0 Å². The minimum absolute atomic E-state index is 0.507. The van der Waals surface area contributed by atoms with Crippen LogP contribution in [0.15, 0.2) is 24.3 Å². The first-order valence-corrected chi connectivity index (χ1v) is 7.17. The van der Waals surface area contributed by atoms with E-state index >= 15 is 0 Å². The van der Waals surface area contributed by atoms with Crippen LogP contribution in [0.3, 0.4) is 0 Å². The highest BCUT2D eigenvalue weighted by molar-refractivity contribution is 5.74. The van der Waals surface area contributed by atoms with E-state index in [2.05, 4.69) is 47.9 Å². The molecule has 19 heavy (non-hydrogen) atoms. The van der Waals surface area contributed by atoms with Crippen molar-refractivity contribution < 1.29 is 0 Å². The van der Waals surface area contributed by atoms with Gasteiger partial charge in [-0.3, -0.25) is 4.90 Å². The molecule has 2 aromatic rings. The first kappa shape index (κ1) is 12.7. The molecule has 1 saturated carbocycles. The van der Waals surface area contributed by atoms with Crippen LogP contribution in [-0.4, -0.2) is 28.0 Å². The Morgan fingerprint density at radius 2 is 2.16 bits per heavy atom. The van der Waals surface area contributed by atoms with Crippen LogP contribution < -0.4 is 0 Å². The number of aromatic amines is 1. The summed E-state index contributed by atoms with van der Waals surface area (Å²) in [5.74, 6) is 1.08. The lowest BCUT2D eigenvalue weighted by Gasteiger charge is -2.25. The molecule has 0 spiro atoms. The van der Waals surface area contributed by atoms with Crippen LogP contribution >= 0.6 is 0 Å². The van der Waals surface area contributed by atoms with Gasteiger partial charge in [-0.1, -0.05) is 26.0 Å². The fourth-order valence-corrected chi connectivity index (χ4v) is 3.22. The molecule has 3 rings (SSSR count). The summed E-state index contributed by atoms with van der Waals surface area (Å²) < 4.78 is 0. The monoisotopic (exact) mass is 257 g/mol. The van der Waals surface area contributed by atoms with E-state index in [1.54, 1.807) is 0 Å². The fraction of sp³-hybridized carbons (Fsp3) is 0.562. The van der Waals surface area contributed by atoms with E-state index in [-0.39, 0.29) is 0 Å². The normalized spacial score (nSPS) is 22.4. The smallest absolute Gasteiger partial charge is 0.121 e. The van der Waals surface area contributed by atoms with Gasteiger partial charge in [0.1, 0.15) is 5.82 Å². The highest BCUT2D eigenvalue weighted by Gasteiger charge is 2.33. The van der Waals surface area contributed by atoms with Gasteiger partial charge in [0.25, 0.3) is 0 Å². The quantitative estimate of drug-likeness (QED) is 0.911. The molecule has 0 radical (unpaired) electrons. The van der Waals surface area contributed by atoms with Crippen LogP contribution in [0.5, 0.6) is 0 Å². The fourth-order valence-electron chi connectivity index (χ4n) is 3.22. The van der Waals surface area contributed by atoms with Crippen molar-refractivity contribution in [1.82, 2.24) is 14.9 Å². The van der Waals surface area contributed by atoms with E-state index in [0.29, 0.717) is 11.5 Å². The zero-order valence-electron chi connectivity index (χ0n) is 12.1. The second kappa shape index (κ2) is 4.64. The summed E-state index contributed by atoms with van der Waals surface area (Å²) in [4.78, 5) is 10.5. The first-order chi connectivity index (χ1) is 9.03. The third-order valence-electron chi connectivity index (χ3n) is 4.40. The van der Waals surface area contributed by atoms with Crippen LogP contribution in [0.2, 0.25) is 0 Å². The molecule has 1 unspecified atom stereocenters. The van der Waals surface area contributed by atoms with Crippen molar-refractivity contribution in [2.75, 3.05) is 7.05 Å². The molecule has 1 heterocycles. The standard InChI is InChI=1S/C16H23N3/c1-16(2)9-8-12(10-16)19(3)11-15-17-13-6-4-5-7-14(13)18-15/h4-7,12H,8-11H2,1-3H3,(H,17,18). The van der Waals surface area contributed by atoms with E-state index in [4.69, 9.17) is 0 Å². The number of nitrogens with zero attached hydrogens (tertiary/aromatic N) is 2. The highest BCUT2D eigenvalue weighted by atomic mass is 15.2. The average molecular weight is 257 g/mol. The van der Waals surface area contributed by atoms with Crippen molar-refractivity contribution in [3.63, 3.8) is 0 Å². The molecule has 0 amide bonds. The van der Waals surface area contributed by atoms with Crippen molar-refractivity contribution in [2.24, 2.45) is 5.41 Å². The van der Waals surface area contributed by atoms with Crippen molar-refractivity contribution >= 4 is 11.0 Å². The Morgan fingerprint density at radius 1 is 1.37 bits per heavy atom. The number of hydrogen-bond donors (Lipinski definition) is 1. The lowest BCUT2D eigenvalue weighted by atomic mass is 9.91. The van der Waals surface area contributed by atoms with E-state index < -0.39 is 0 Å². The molecule has 0 bridgehead atoms. The number of aromatic nitrogens is 2. The minimum Gasteiger partial charge on any atom is -0.341 e. The number of H-pyrrole nitrogens is 1. The molecular weight excluding hydrogens is 234 g/mol. The van der Waals surface area contributed by atoms with Gasteiger partial charge in [0.2, 0.25) is 0 Å². The van der Waals surface area contributed by atoms with Gasteiger partial charge in [-0.05, 0) is 43.9 Å². The molecule has 1 aliphatic rings. The maximum Gasteiger partial charge on any atom is 0.121 e. The third-order valence-corrected chi connectivity index (χ3v) is 4.40. The van der Waals surface area contributed by atoms with Gasteiger partial charge < -0.3 is 4.98 Å². The van der Waals surface area contributed by atoms with Gasteiger partial charge in [0.05, 0.1) is 17.6 Å². The van der Waals surface area contributed by atoms with Gasteiger partial charge in [0, 0.05) is 6.04 Å². The zero-order valence-corrected chi connectivity index (χ0v) is 12.1. The second-order valence-corrected chi connectivity index (χ2v) is 6.68. The number of rotatable bonds is 3. The Bertz CT molecular complexity index is 537. The van der Waals surface area contributed by atoms with E-state index in [1.807, 2.05) is 12.1 Å². The van der Waals surface area contributed by atoms with Crippen LogP contribution in [0.4, 0.5) is 0 Å². The molecule has 1 aliphatic carbocycles. The Kier molecular flexibility index (Phi) is 3.09. The van der Waals surface area contributed by atoms with E-state index in [9.17, 15) is 0 Å².